The molecule has 0 spiro atoms. The minimum atomic E-state index is -0.711. The summed E-state index contributed by atoms with van der Waals surface area (Å²) in [5.74, 6) is -0.775. The highest BCUT2D eigenvalue weighted by Gasteiger charge is 2.43. The first kappa shape index (κ1) is 24.1. The Kier molecular flexibility index (Phi) is 6.95. The fraction of sp³-hybridized carbons (Fsp3) is 0.346. The molecule has 0 amide bonds. The minimum absolute atomic E-state index is 0.00105. The topological polar surface area (TPSA) is 117 Å². The number of methoxy groups -OCH3 is 2. The van der Waals surface area contributed by atoms with Crippen LogP contribution in [0, 0.1) is 16.0 Å². The van der Waals surface area contributed by atoms with Crippen LogP contribution in [0.4, 0.5) is 5.69 Å². The van der Waals surface area contributed by atoms with E-state index >= 15 is 0 Å². The van der Waals surface area contributed by atoms with Gasteiger partial charge in [-0.3, -0.25) is 24.7 Å². The van der Waals surface area contributed by atoms with Crippen LogP contribution in [0.25, 0.3) is 0 Å². The summed E-state index contributed by atoms with van der Waals surface area (Å²) in [4.78, 5) is 40.7. The minimum Gasteiger partial charge on any atom is -0.493 e. The second-order valence-electron chi connectivity index (χ2n) is 8.49. The van der Waals surface area contributed by atoms with Gasteiger partial charge in [-0.15, -0.1) is 0 Å². The van der Waals surface area contributed by atoms with Crippen LogP contribution in [0.1, 0.15) is 43.2 Å². The van der Waals surface area contributed by atoms with Crippen molar-refractivity contribution in [3.05, 3.63) is 75.0 Å². The Morgan fingerprint density at radius 2 is 1.86 bits per heavy atom. The Morgan fingerprint density at radius 3 is 2.51 bits per heavy atom. The van der Waals surface area contributed by atoms with Crippen LogP contribution in [0.5, 0.6) is 11.5 Å². The lowest BCUT2D eigenvalue weighted by Gasteiger charge is -2.34. The third kappa shape index (κ3) is 4.80. The van der Waals surface area contributed by atoms with E-state index in [1.165, 1.54) is 26.4 Å². The van der Waals surface area contributed by atoms with E-state index < -0.39 is 22.7 Å². The number of nitrogens with zero attached hydrogens (tertiary/aromatic N) is 2. The number of Topliss-reactive ketones (excluding diaryl/α,β-unsaturated/α-hetero) is 1. The maximum absolute atomic E-state index is 12.9. The van der Waals surface area contributed by atoms with Gasteiger partial charge in [0, 0.05) is 41.5 Å². The molecule has 0 saturated carbocycles. The summed E-state index contributed by atoms with van der Waals surface area (Å²) >= 11 is 0. The predicted molar refractivity (Wildman–Crippen MR) is 128 cm³/mol. The van der Waals surface area contributed by atoms with Gasteiger partial charge in [-0.1, -0.05) is 6.07 Å². The molecule has 35 heavy (non-hydrogen) atoms. The van der Waals surface area contributed by atoms with Gasteiger partial charge in [-0.05, 0) is 55.2 Å². The van der Waals surface area contributed by atoms with Crippen molar-refractivity contribution >= 4 is 23.2 Å². The molecule has 2 aliphatic rings. The quantitative estimate of drug-likeness (QED) is 0.326. The highest BCUT2D eigenvalue weighted by atomic mass is 16.6. The molecule has 0 bridgehead atoms. The van der Waals surface area contributed by atoms with E-state index in [-0.39, 0.29) is 18.1 Å². The summed E-state index contributed by atoms with van der Waals surface area (Å²) in [6.45, 7) is 1.97. The maximum atomic E-state index is 12.9. The number of nitro benzene ring substituents is 1. The van der Waals surface area contributed by atoms with E-state index in [0.717, 1.165) is 23.2 Å². The molecule has 0 radical (unpaired) electrons. The van der Waals surface area contributed by atoms with Gasteiger partial charge in [0.1, 0.15) is 12.5 Å². The zero-order chi connectivity index (χ0) is 25.1. The molecule has 2 aromatic carbocycles. The lowest BCUT2D eigenvalue weighted by molar-refractivity contribution is -0.384. The second-order valence-corrected chi connectivity index (χ2v) is 8.49. The molecular weight excluding hydrogens is 452 g/mol. The molecule has 0 fully saturated rings. The van der Waals surface area contributed by atoms with Crippen LogP contribution in [0.15, 0.2) is 58.7 Å². The SMILES string of the molecule is COC(=O)C1C(C)=NC2=C(C(=O)CCC2)[C@@H]1c1ccc(OCc2ccc([N+](=O)[O-])cc2)c(OC)c1. The van der Waals surface area contributed by atoms with Crippen molar-refractivity contribution in [1.82, 2.24) is 0 Å². The van der Waals surface area contributed by atoms with Gasteiger partial charge in [-0.2, -0.15) is 0 Å². The zero-order valence-electron chi connectivity index (χ0n) is 19.8. The fourth-order valence-electron chi connectivity index (χ4n) is 4.67. The Balaban J connectivity index is 1.66. The lowest BCUT2D eigenvalue weighted by atomic mass is 9.71. The maximum Gasteiger partial charge on any atom is 0.315 e. The zero-order valence-corrected chi connectivity index (χ0v) is 19.8. The van der Waals surface area contributed by atoms with Gasteiger partial charge in [0.15, 0.2) is 17.3 Å². The van der Waals surface area contributed by atoms with Gasteiger partial charge >= 0.3 is 5.97 Å². The Bertz CT molecular complexity index is 1230. The number of carbonyl (C=O) groups excluding carboxylic acids is 2. The number of benzene rings is 2. The van der Waals surface area contributed by atoms with Crippen LogP contribution in [0.3, 0.4) is 0 Å². The molecule has 0 N–H and O–H groups in total. The van der Waals surface area contributed by atoms with Crippen molar-refractivity contribution in [3.8, 4) is 11.5 Å². The fourth-order valence-corrected chi connectivity index (χ4v) is 4.67. The molecule has 182 valence electrons. The average molecular weight is 479 g/mol. The molecule has 2 aromatic rings. The molecule has 9 heteroatoms. The van der Waals surface area contributed by atoms with Crippen LogP contribution in [-0.2, 0) is 20.9 Å². The second kappa shape index (κ2) is 10.1. The number of non-ortho nitro benzene ring substituents is 1. The van der Waals surface area contributed by atoms with Gasteiger partial charge in [-0.25, -0.2) is 0 Å². The van der Waals surface area contributed by atoms with E-state index in [9.17, 15) is 19.7 Å². The Morgan fingerprint density at radius 1 is 1.11 bits per heavy atom. The highest BCUT2D eigenvalue weighted by molar-refractivity contribution is 6.08. The number of ketones is 1. The lowest BCUT2D eigenvalue weighted by Crippen LogP contribution is -2.36. The first-order valence-electron chi connectivity index (χ1n) is 11.3. The summed E-state index contributed by atoms with van der Waals surface area (Å²) in [5.41, 5.74) is 3.42. The number of aliphatic imine (C=N–C) groups is 1. The Labute approximate surface area is 202 Å². The molecule has 1 unspecified atom stereocenters. The normalized spacial score (nSPS) is 19.5. The standard InChI is InChI=1S/C26H26N2O7/c1-15-23(26(30)34-3)24(25-19(27-15)5-4-6-20(25)29)17-9-12-21(22(13-17)33-2)35-14-16-7-10-18(11-8-16)28(31)32/h7-13,23-24H,4-6,14H2,1-3H3/t23?,24-/m1/s1. The van der Waals surface area contributed by atoms with Crippen molar-refractivity contribution in [2.75, 3.05) is 14.2 Å². The largest absolute Gasteiger partial charge is 0.493 e. The number of ether oxygens (including phenoxy) is 3. The number of hydrogen-bond acceptors (Lipinski definition) is 8. The molecule has 9 nitrogen and oxygen atoms in total. The third-order valence-corrected chi connectivity index (χ3v) is 6.38. The van der Waals surface area contributed by atoms with Gasteiger partial charge < -0.3 is 14.2 Å². The van der Waals surface area contributed by atoms with E-state index in [1.54, 1.807) is 31.2 Å². The van der Waals surface area contributed by atoms with E-state index in [4.69, 9.17) is 14.2 Å². The summed E-state index contributed by atoms with van der Waals surface area (Å²) < 4.78 is 16.5. The number of rotatable bonds is 7. The van der Waals surface area contributed by atoms with Gasteiger partial charge in [0.05, 0.1) is 19.1 Å². The predicted octanol–water partition coefficient (Wildman–Crippen LogP) is 4.54. The molecule has 1 heterocycles. The van der Waals surface area contributed by atoms with Crippen molar-refractivity contribution < 1.29 is 28.7 Å². The van der Waals surface area contributed by atoms with E-state index in [0.29, 0.717) is 35.6 Å². The Hall–Kier alpha value is -4.01. The summed E-state index contributed by atoms with van der Waals surface area (Å²) in [5, 5.41) is 10.8. The highest BCUT2D eigenvalue weighted by Crippen LogP contribution is 2.45. The van der Waals surface area contributed by atoms with Crippen LogP contribution in [0.2, 0.25) is 0 Å². The van der Waals surface area contributed by atoms with Crippen LogP contribution in [-0.4, -0.2) is 36.6 Å². The van der Waals surface area contributed by atoms with Crippen LogP contribution < -0.4 is 9.47 Å². The number of allylic oxidation sites excluding steroid dienone is 2. The number of carbonyl (C=O) groups is 2. The van der Waals surface area contributed by atoms with E-state index in [2.05, 4.69) is 4.99 Å². The first-order valence-corrected chi connectivity index (χ1v) is 11.3. The molecular formula is C26H26N2O7. The molecule has 1 aliphatic carbocycles. The van der Waals surface area contributed by atoms with Gasteiger partial charge in [0.25, 0.3) is 5.69 Å². The van der Waals surface area contributed by atoms with Crippen molar-refractivity contribution in [1.29, 1.82) is 0 Å². The number of esters is 1. The van der Waals surface area contributed by atoms with Crippen molar-refractivity contribution in [3.63, 3.8) is 0 Å². The molecule has 1 aliphatic heterocycles. The van der Waals surface area contributed by atoms with E-state index in [1.807, 2.05) is 6.07 Å². The summed E-state index contributed by atoms with van der Waals surface area (Å²) in [7, 11) is 2.84. The monoisotopic (exact) mass is 478 g/mol. The smallest absolute Gasteiger partial charge is 0.315 e. The molecule has 0 saturated heterocycles. The van der Waals surface area contributed by atoms with Crippen molar-refractivity contribution in [2.45, 2.75) is 38.7 Å². The molecule has 4 rings (SSSR count). The summed E-state index contributed by atoms with van der Waals surface area (Å²) in [6.07, 6.45) is 1.85. The first-order chi connectivity index (χ1) is 16.8. The van der Waals surface area contributed by atoms with Crippen molar-refractivity contribution in [2.24, 2.45) is 10.9 Å². The van der Waals surface area contributed by atoms with Crippen LogP contribution >= 0.6 is 0 Å². The molecule has 2 atom stereocenters. The number of nitro groups is 1. The van der Waals surface area contributed by atoms with Gasteiger partial charge in [0.2, 0.25) is 0 Å². The molecule has 0 aromatic heterocycles. The summed E-state index contributed by atoms with van der Waals surface area (Å²) in [6, 6.07) is 11.4. The average Bonchev–Trinajstić information content (AvgIpc) is 2.86. The third-order valence-electron chi connectivity index (χ3n) is 6.38. The number of hydrogen-bond donors (Lipinski definition) is 0.